The third-order valence-corrected chi connectivity index (χ3v) is 11.8. The first-order valence-electron chi connectivity index (χ1n) is 20.2. The topological polar surface area (TPSA) is 8.17 Å². The van der Waals surface area contributed by atoms with Crippen LogP contribution in [0, 0.1) is 0 Å². The van der Waals surface area contributed by atoms with Crippen LogP contribution in [-0.2, 0) is 6.42 Å². The van der Waals surface area contributed by atoms with Gasteiger partial charge in [0.15, 0.2) is 0 Å². The summed E-state index contributed by atoms with van der Waals surface area (Å²) < 4.78 is 2.50. The van der Waals surface area contributed by atoms with Crippen LogP contribution in [0.3, 0.4) is 0 Å². The molecule has 11 rings (SSSR count). The summed E-state index contributed by atoms with van der Waals surface area (Å²) >= 11 is 0. The normalized spacial score (nSPS) is 12.3. The van der Waals surface area contributed by atoms with Crippen molar-refractivity contribution < 1.29 is 0 Å². The van der Waals surface area contributed by atoms with Crippen molar-refractivity contribution in [3.05, 3.63) is 224 Å². The Balaban J connectivity index is 1.08. The number of hydrogen-bond acceptors (Lipinski definition) is 1. The Morgan fingerprint density at radius 3 is 1.97 bits per heavy atom. The maximum absolute atomic E-state index is 2.50. The van der Waals surface area contributed by atoms with Crippen molar-refractivity contribution in [3.8, 4) is 39.1 Å². The molecule has 0 bridgehead atoms. The van der Waals surface area contributed by atoms with Crippen molar-refractivity contribution in [3.63, 3.8) is 0 Å². The van der Waals surface area contributed by atoms with Crippen LogP contribution in [0.4, 0.5) is 17.1 Å². The van der Waals surface area contributed by atoms with E-state index in [4.69, 9.17) is 0 Å². The first-order valence-corrected chi connectivity index (χ1v) is 20.2. The van der Waals surface area contributed by atoms with E-state index >= 15 is 0 Å². The fraction of sp³-hybridized carbons (Fsp3) is 0.0357. The maximum Gasteiger partial charge on any atom is 0.0546 e. The molecule has 1 aliphatic rings. The quantitative estimate of drug-likeness (QED) is 0.158. The van der Waals surface area contributed by atoms with Crippen LogP contribution in [0.25, 0.3) is 77.6 Å². The van der Waals surface area contributed by atoms with E-state index in [2.05, 4.69) is 228 Å². The smallest absolute Gasteiger partial charge is 0.0546 e. The third kappa shape index (κ3) is 5.90. The van der Waals surface area contributed by atoms with E-state index in [0.717, 1.165) is 29.9 Å². The second kappa shape index (κ2) is 14.3. The molecule has 58 heavy (non-hydrogen) atoms. The highest BCUT2D eigenvalue weighted by atomic mass is 15.1. The van der Waals surface area contributed by atoms with Crippen molar-refractivity contribution in [2.45, 2.75) is 12.8 Å². The molecule has 10 aromatic rings. The molecule has 0 fully saturated rings. The monoisotopic (exact) mass is 740 g/mol. The molecule has 274 valence electrons. The fourth-order valence-corrected chi connectivity index (χ4v) is 9.04. The molecule has 0 saturated heterocycles. The third-order valence-electron chi connectivity index (χ3n) is 11.8. The molecular formula is C56H40N2. The number of hydrogen-bond donors (Lipinski definition) is 0. The Kier molecular flexibility index (Phi) is 8.33. The molecule has 0 aliphatic heterocycles. The lowest BCUT2D eigenvalue weighted by atomic mass is 9.97. The first kappa shape index (κ1) is 33.9. The summed E-state index contributed by atoms with van der Waals surface area (Å²) in [6.45, 7) is 0. The molecule has 1 heterocycles. The van der Waals surface area contributed by atoms with Crippen LogP contribution < -0.4 is 4.90 Å². The van der Waals surface area contributed by atoms with Crippen molar-refractivity contribution in [2.24, 2.45) is 0 Å². The van der Waals surface area contributed by atoms with E-state index in [0.29, 0.717) is 0 Å². The van der Waals surface area contributed by atoms with Gasteiger partial charge in [-0.3, -0.25) is 0 Å². The van der Waals surface area contributed by atoms with E-state index in [1.165, 1.54) is 82.8 Å². The average Bonchev–Trinajstić information content (AvgIpc) is 3.64. The fourth-order valence-electron chi connectivity index (χ4n) is 9.04. The molecule has 2 nitrogen and oxygen atoms in total. The molecular weight excluding hydrogens is 701 g/mol. The average molecular weight is 741 g/mol. The predicted molar refractivity (Wildman–Crippen MR) is 247 cm³/mol. The molecule has 0 unspecified atom stereocenters. The second-order valence-corrected chi connectivity index (χ2v) is 15.2. The summed E-state index contributed by atoms with van der Waals surface area (Å²) in [7, 11) is 0. The van der Waals surface area contributed by atoms with Crippen LogP contribution in [0.15, 0.2) is 212 Å². The molecule has 1 aromatic heterocycles. The number of anilines is 3. The Hall–Kier alpha value is -7.42. The summed E-state index contributed by atoms with van der Waals surface area (Å²) in [6.07, 6.45) is 6.70. The van der Waals surface area contributed by atoms with Crippen LogP contribution in [-0.4, -0.2) is 4.57 Å². The van der Waals surface area contributed by atoms with E-state index in [9.17, 15) is 0 Å². The number of nitrogens with zero attached hydrogens (tertiary/aromatic N) is 2. The van der Waals surface area contributed by atoms with Crippen LogP contribution in [0.2, 0.25) is 0 Å². The lowest BCUT2D eigenvalue weighted by Gasteiger charge is -2.28. The number of aromatic nitrogens is 1. The van der Waals surface area contributed by atoms with Gasteiger partial charge in [-0.25, -0.2) is 0 Å². The zero-order valence-corrected chi connectivity index (χ0v) is 32.1. The van der Waals surface area contributed by atoms with Gasteiger partial charge in [-0.2, -0.15) is 0 Å². The maximum atomic E-state index is 2.50. The predicted octanol–water partition coefficient (Wildman–Crippen LogP) is 15.4. The minimum Gasteiger partial charge on any atom is -0.312 e. The molecule has 1 aliphatic carbocycles. The Morgan fingerprint density at radius 1 is 0.414 bits per heavy atom. The number of benzene rings is 9. The van der Waals surface area contributed by atoms with Gasteiger partial charge in [0.1, 0.15) is 0 Å². The molecule has 0 atom stereocenters. The van der Waals surface area contributed by atoms with Crippen molar-refractivity contribution >= 4 is 55.6 Å². The summed E-state index contributed by atoms with van der Waals surface area (Å²) in [6, 6.07) is 75.4. The van der Waals surface area contributed by atoms with Gasteiger partial charge in [0.05, 0.1) is 16.9 Å². The lowest BCUT2D eigenvalue weighted by Crippen LogP contribution is -2.11. The molecule has 0 N–H and O–H groups in total. The molecule has 0 saturated carbocycles. The van der Waals surface area contributed by atoms with Crippen LogP contribution in [0.1, 0.15) is 17.7 Å². The van der Waals surface area contributed by atoms with Crippen LogP contribution >= 0.6 is 0 Å². The highest BCUT2D eigenvalue weighted by Crippen LogP contribution is 2.44. The number of allylic oxidation sites excluding steroid dienone is 1. The van der Waals surface area contributed by atoms with Gasteiger partial charge in [0, 0.05) is 39.0 Å². The van der Waals surface area contributed by atoms with E-state index < -0.39 is 0 Å². The van der Waals surface area contributed by atoms with Gasteiger partial charge in [-0.1, -0.05) is 164 Å². The zero-order valence-electron chi connectivity index (χ0n) is 32.1. The zero-order chi connectivity index (χ0) is 38.4. The molecule has 0 radical (unpaired) electrons. The van der Waals surface area contributed by atoms with Gasteiger partial charge in [0.25, 0.3) is 0 Å². The number of para-hydroxylation sites is 2. The molecule has 0 amide bonds. The van der Waals surface area contributed by atoms with Gasteiger partial charge >= 0.3 is 0 Å². The molecule has 2 heteroatoms. The van der Waals surface area contributed by atoms with Crippen molar-refractivity contribution in [1.82, 2.24) is 4.57 Å². The van der Waals surface area contributed by atoms with E-state index in [-0.39, 0.29) is 0 Å². The van der Waals surface area contributed by atoms with Gasteiger partial charge in [-0.15, -0.1) is 0 Å². The summed E-state index contributed by atoms with van der Waals surface area (Å²) in [4.78, 5) is 2.44. The largest absolute Gasteiger partial charge is 0.312 e. The standard InChI is InChI=1S/C56H40N2/c1-2-15-39(16-3-1)46-36-45-19-6-7-23-50(45)56(38-46)57(48-21-14-20-43(37-48)44-30-29-40-17-4-5-18-42(40)35-44)47-33-31-41(32-34-47)49-22-8-11-26-53(49)58-54-27-12-9-24-51(54)52-25-10-13-28-55(52)58/h1-12,14-27,29-38H,13,28H2. The molecule has 9 aromatic carbocycles. The molecule has 0 spiro atoms. The van der Waals surface area contributed by atoms with Crippen molar-refractivity contribution in [2.75, 3.05) is 4.90 Å². The lowest BCUT2D eigenvalue weighted by molar-refractivity contribution is 0.889. The first-order chi connectivity index (χ1) is 28.8. The number of rotatable bonds is 7. The minimum absolute atomic E-state index is 1.02. The Bertz CT molecular complexity index is 3170. The highest BCUT2D eigenvalue weighted by molar-refractivity contribution is 6.02. The van der Waals surface area contributed by atoms with E-state index in [1.54, 1.807) is 0 Å². The number of fused-ring (bicyclic) bond motifs is 5. The SMILES string of the molecule is C1=Cc2c(n(-c3ccccc3-c3ccc(N(c4cccc(-c5ccc6ccccc6c5)c4)c4cc(-c5ccccc5)cc5ccccc45)cc3)c3ccccc23)CC1. The Morgan fingerprint density at radius 2 is 1.09 bits per heavy atom. The summed E-state index contributed by atoms with van der Waals surface area (Å²) in [5.41, 5.74) is 15.7. The second-order valence-electron chi connectivity index (χ2n) is 15.2. The van der Waals surface area contributed by atoms with Crippen LogP contribution in [0.5, 0.6) is 0 Å². The minimum atomic E-state index is 1.02. The van der Waals surface area contributed by atoms with E-state index in [1.807, 2.05) is 0 Å². The Labute approximate surface area is 339 Å². The van der Waals surface area contributed by atoms with Gasteiger partial charge in [0.2, 0.25) is 0 Å². The highest BCUT2D eigenvalue weighted by Gasteiger charge is 2.22. The summed E-state index contributed by atoms with van der Waals surface area (Å²) in [5, 5.41) is 6.20. The summed E-state index contributed by atoms with van der Waals surface area (Å²) in [5.74, 6) is 0. The van der Waals surface area contributed by atoms with Crippen molar-refractivity contribution in [1.29, 1.82) is 0 Å². The van der Waals surface area contributed by atoms with Gasteiger partial charge in [-0.05, 0) is 111 Å². The van der Waals surface area contributed by atoms with Gasteiger partial charge < -0.3 is 9.47 Å².